The molecule has 1 aliphatic heterocycles. The maximum Gasteiger partial charge on any atom is 0.237 e. The molecule has 0 aliphatic carbocycles. The Bertz CT molecular complexity index is 836. The first-order valence-corrected chi connectivity index (χ1v) is 10.0. The highest BCUT2D eigenvalue weighted by Crippen LogP contribution is 2.16. The number of methoxy groups -OCH3 is 1. The van der Waals surface area contributed by atoms with E-state index in [1.807, 2.05) is 36.4 Å². The monoisotopic (exact) mass is 395 g/mol. The second-order valence-corrected chi connectivity index (χ2v) is 7.36. The van der Waals surface area contributed by atoms with E-state index in [2.05, 4.69) is 34.6 Å². The van der Waals surface area contributed by atoms with Crippen molar-refractivity contribution in [2.75, 3.05) is 26.7 Å². The van der Waals surface area contributed by atoms with E-state index in [1.165, 1.54) is 11.1 Å². The van der Waals surface area contributed by atoms with Crippen molar-refractivity contribution in [1.82, 2.24) is 15.5 Å². The van der Waals surface area contributed by atoms with Crippen molar-refractivity contribution >= 4 is 11.8 Å². The Morgan fingerprint density at radius 3 is 2.69 bits per heavy atom. The molecule has 0 aromatic heterocycles. The molecule has 6 nitrogen and oxygen atoms in total. The third-order valence-electron chi connectivity index (χ3n) is 5.35. The molecule has 1 fully saturated rings. The lowest BCUT2D eigenvalue weighted by atomic mass is 10.0. The van der Waals surface area contributed by atoms with Crippen molar-refractivity contribution in [2.45, 2.75) is 32.4 Å². The number of carbonyl (C=O) groups is 2. The molecule has 1 heterocycles. The summed E-state index contributed by atoms with van der Waals surface area (Å²) in [5.41, 5.74) is 3.51. The molecule has 1 saturated heterocycles. The van der Waals surface area contributed by atoms with Gasteiger partial charge in [-0.2, -0.15) is 0 Å². The highest BCUT2D eigenvalue weighted by molar-refractivity contribution is 5.88. The standard InChI is InChI=1S/C23H29N3O3/c1-17-5-3-4-6-19(17)16-26-14-13-25-23(28)21(26)15-22(27)24-12-11-18-7-9-20(29-2)10-8-18/h3-10,21H,11-16H2,1-2H3,(H,24,27)(H,25,28)/t21-/m1/s1. The van der Waals surface area contributed by atoms with Crippen LogP contribution >= 0.6 is 0 Å². The molecular formula is C23H29N3O3. The number of nitrogens with zero attached hydrogens (tertiary/aromatic N) is 1. The summed E-state index contributed by atoms with van der Waals surface area (Å²) in [7, 11) is 1.64. The van der Waals surface area contributed by atoms with Gasteiger partial charge in [0.05, 0.1) is 19.6 Å². The Morgan fingerprint density at radius 1 is 1.21 bits per heavy atom. The van der Waals surface area contributed by atoms with Crippen molar-refractivity contribution < 1.29 is 14.3 Å². The first-order valence-electron chi connectivity index (χ1n) is 10.0. The van der Waals surface area contributed by atoms with Crippen LogP contribution in [0.25, 0.3) is 0 Å². The van der Waals surface area contributed by atoms with Crippen molar-refractivity contribution in [2.24, 2.45) is 0 Å². The number of aryl methyl sites for hydroxylation is 1. The van der Waals surface area contributed by atoms with E-state index in [9.17, 15) is 9.59 Å². The van der Waals surface area contributed by atoms with Crippen LogP contribution in [0.2, 0.25) is 0 Å². The summed E-state index contributed by atoms with van der Waals surface area (Å²) in [4.78, 5) is 27.0. The summed E-state index contributed by atoms with van der Waals surface area (Å²) in [6.45, 7) is 4.63. The fraction of sp³-hybridized carbons (Fsp3) is 0.391. The zero-order valence-corrected chi connectivity index (χ0v) is 17.1. The van der Waals surface area contributed by atoms with Crippen LogP contribution in [0.1, 0.15) is 23.1 Å². The number of amides is 2. The fourth-order valence-corrected chi connectivity index (χ4v) is 3.57. The van der Waals surface area contributed by atoms with Crippen LogP contribution in [0.4, 0.5) is 0 Å². The lowest BCUT2D eigenvalue weighted by Gasteiger charge is -2.35. The first kappa shape index (κ1) is 20.9. The Balaban J connectivity index is 1.53. The van der Waals surface area contributed by atoms with E-state index >= 15 is 0 Å². The number of benzene rings is 2. The van der Waals surface area contributed by atoms with Gasteiger partial charge in [0.15, 0.2) is 0 Å². The van der Waals surface area contributed by atoms with Crippen molar-refractivity contribution in [3.05, 3.63) is 65.2 Å². The van der Waals surface area contributed by atoms with Gasteiger partial charge in [-0.3, -0.25) is 14.5 Å². The molecule has 2 amide bonds. The molecule has 3 rings (SSSR count). The molecule has 1 aliphatic rings. The molecule has 0 radical (unpaired) electrons. The van der Waals surface area contributed by atoms with E-state index in [4.69, 9.17) is 4.74 Å². The molecule has 2 aromatic rings. The molecule has 0 saturated carbocycles. The normalized spacial score (nSPS) is 16.9. The SMILES string of the molecule is COc1ccc(CCNC(=O)C[C@@H]2C(=O)NCCN2Cc2ccccc2C)cc1. The molecule has 1 atom stereocenters. The van der Waals surface area contributed by atoms with Crippen LogP contribution < -0.4 is 15.4 Å². The van der Waals surface area contributed by atoms with Crippen LogP contribution in [0, 0.1) is 6.92 Å². The van der Waals surface area contributed by atoms with Gasteiger partial charge in [0.2, 0.25) is 11.8 Å². The maximum atomic E-state index is 12.5. The summed E-state index contributed by atoms with van der Waals surface area (Å²) in [5, 5.41) is 5.83. The van der Waals surface area contributed by atoms with Crippen LogP contribution in [-0.2, 0) is 22.6 Å². The van der Waals surface area contributed by atoms with Crippen LogP contribution in [-0.4, -0.2) is 49.5 Å². The Labute approximate surface area is 172 Å². The second-order valence-electron chi connectivity index (χ2n) is 7.36. The molecule has 154 valence electrons. The van der Waals surface area contributed by atoms with Gasteiger partial charge in [-0.05, 0) is 42.2 Å². The van der Waals surface area contributed by atoms with Gasteiger partial charge in [0.1, 0.15) is 5.75 Å². The lowest BCUT2D eigenvalue weighted by Crippen LogP contribution is -2.56. The molecule has 6 heteroatoms. The number of carbonyl (C=O) groups excluding carboxylic acids is 2. The summed E-state index contributed by atoms with van der Waals surface area (Å²) in [6.07, 6.45) is 0.903. The number of hydrogen-bond donors (Lipinski definition) is 2. The minimum atomic E-state index is -0.440. The molecule has 2 aromatic carbocycles. The van der Waals surface area contributed by atoms with E-state index in [-0.39, 0.29) is 18.2 Å². The average molecular weight is 396 g/mol. The topological polar surface area (TPSA) is 70.7 Å². The molecule has 0 unspecified atom stereocenters. The predicted molar refractivity (Wildman–Crippen MR) is 113 cm³/mol. The van der Waals surface area contributed by atoms with E-state index < -0.39 is 6.04 Å². The smallest absolute Gasteiger partial charge is 0.237 e. The Morgan fingerprint density at radius 2 is 1.97 bits per heavy atom. The number of hydrogen-bond acceptors (Lipinski definition) is 4. The zero-order chi connectivity index (χ0) is 20.6. The number of nitrogens with one attached hydrogen (secondary N) is 2. The third kappa shape index (κ3) is 5.81. The van der Waals surface area contributed by atoms with Gasteiger partial charge in [0, 0.05) is 26.2 Å². The van der Waals surface area contributed by atoms with Crippen LogP contribution in [0.3, 0.4) is 0 Å². The second kappa shape index (κ2) is 10.1. The fourth-order valence-electron chi connectivity index (χ4n) is 3.57. The highest BCUT2D eigenvalue weighted by atomic mass is 16.5. The van der Waals surface area contributed by atoms with Gasteiger partial charge in [-0.1, -0.05) is 36.4 Å². The average Bonchev–Trinajstić information content (AvgIpc) is 2.73. The summed E-state index contributed by atoms with van der Waals surface area (Å²) >= 11 is 0. The number of ether oxygens (including phenoxy) is 1. The predicted octanol–water partition coefficient (Wildman–Crippen LogP) is 2.05. The van der Waals surface area contributed by atoms with Crippen molar-refractivity contribution in [3.63, 3.8) is 0 Å². The maximum absolute atomic E-state index is 12.5. The van der Waals surface area contributed by atoms with Gasteiger partial charge in [-0.15, -0.1) is 0 Å². The Kier molecular flexibility index (Phi) is 7.25. The third-order valence-corrected chi connectivity index (χ3v) is 5.35. The zero-order valence-electron chi connectivity index (χ0n) is 17.1. The minimum Gasteiger partial charge on any atom is -0.497 e. The quantitative estimate of drug-likeness (QED) is 0.718. The van der Waals surface area contributed by atoms with E-state index in [1.54, 1.807) is 7.11 Å². The van der Waals surface area contributed by atoms with Gasteiger partial charge in [0.25, 0.3) is 0 Å². The molecule has 0 bridgehead atoms. The van der Waals surface area contributed by atoms with E-state index in [0.29, 0.717) is 19.6 Å². The number of piperazine rings is 1. The van der Waals surface area contributed by atoms with Crippen molar-refractivity contribution in [1.29, 1.82) is 0 Å². The minimum absolute atomic E-state index is 0.0739. The van der Waals surface area contributed by atoms with E-state index in [0.717, 1.165) is 24.3 Å². The van der Waals surface area contributed by atoms with Gasteiger partial charge in [-0.25, -0.2) is 0 Å². The van der Waals surface area contributed by atoms with Gasteiger partial charge >= 0.3 is 0 Å². The lowest BCUT2D eigenvalue weighted by molar-refractivity contribution is -0.134. The summed E-state index contributed by atoms with van der Waals surface area (Å²) < 4.78 is 5.15. The summed E-state index contributed by atoms with van der Waals surface area (Å²) in [5.74, 6) is 0.639. The molecule has 0 spiro atoms. The first-order chi connectivity index (χ1) is 14.1. The summed E-state index contributed by atoms with van der Waals surface area (Å²) in [6, 6.07) is 15.5. The van der Waals surface area contributed by atoms with Crippen molar-refractivity contribution in [3.8, 4) is 5.75 Å². The molecular weight excluding hydrogens is 366 g/mol. The van der Waals surface area contributed by atoms with Crippen LogP contribution in [0.5, 0.6) is 5.75 Å². The highest BCUT2D eigenvalue weighted by Gasteiger charge is 2.31. The Hall–Kier alpha value is -2.86. The molecule has 29 heavy (non-hydrogen) atoms. The van der Waals surface area contributed by atoms with Crippen LogP contribution in [0.15, 0.2) is 48.5 Å². The van der Waals surface area contributed by atoms with Gasteiger partial charge < -0.3 is 15.4 Å². The molecule has 2 N–H and O–H groups in total. The largest absolute Gasteiger partial charge is 0.497 e. The number of rotatable bonds is 8.